The fraction of sp³-hybridized carbons (Fsp3) is 0.615. The largest absolute Gasteiger partial charge is 0.380 e. The maximum absolute atomic E-state index is 4.33. The number of anilines is 1. The zero-order valence-corrected chi connectivity index (χ0v) is 11.7. The first-order valence-electron chi connectivity index (χ1n) is 6.35. The molecule has 1 saturated carbocycles. The zero-order valence-electron chi connectivity index (χ0n) is 10.1. The summed E-state index contributed by atoms with van der Waals surface area (Å²) in [5, 5.41) is 3.60. The Morgan fingerprint density at radius 2 is 2.24 bits per heavy atom. The molecule has 1 atom stereocenters. The van der Waals surface area contributed by atoms with Crippen LogP contribution in [0.2, 0.25) is 0 Å². The molecule has 1 unspecified atom stereocenters. The SMILES string of the molecule is Cc1cc(NC2CCN(C3CC3)C2)cnc1Br. The van der Waals surface area contributed by atoms with Gasteiger partial charge in [-0.15, -0.1) is 0 Å². The average molecular weight is 296 g/mol. The Bertz CT molecular complexity index is 417. The third-order valence-corrected chi connectivity index (χ3v) is 4.50. The van der Waals surface area contributed by atoms with Crippen molar-refractivity contribution in [3.05, 3.63) is 22.4 Å². The van der Waals surface area contributed by atoms with Crippen LogP contribution in [0.3, 0.4) is 0 Å². The van der Waals surface area contributed by atoms with Crippen molar-refractivity contribution in [1.82, 2.24) is 9.88 Å². The van der Waals surface area contributed by atoms with Crippen molar-refractivity contribution in [3.8, 4) is 0 Å². The van der Waals surface area contributed by atoms with Gasteiger partial charge < -0.3 is 5.32 Å². The number of rotatable bonds is 3. The second kappa shape index (κ2) is 4.58. The number of aryl methyl sites for hydroxylation is 1. The van der Waals surface area contributed by atoms with Gasteiger partial charge in [0.05, 0.1) is 11.9 Å². The first-order chi connectivity index (χ1) is 8.22. The second-order valence-corrected chi connectivity index (χ2v) is 5.94. The predicted octanol–water partition coefficient (Wildman–Crippen LogP) is 2.80. The van der Waals surface area contributed by atoms with Gasteiger partial charge in [0.25, 0.3) is 0 Å². The Morgan fingerprint density at radius 3 is 2.94 bits per heavy atom. The Hall–Kier alpha value is -0.610. The van der Waals surface area contributed by atoms with Gasteiger partial charge in [0.2, 0.25) is 0 Å². The van der Waals surface area contributed by atoms with E-state index in [2.05, 4.69) is 44.1 Å². The topological polar surface area (TPSA) is 28.2 Å². The van der Waals surface area contributed by atoms with E-state index in [1.807, 2.05) is 6.20 Å². The number of nitrogens with zero attached hydrogens (tertiary/aromatic N) is 2. The molecule has 1 aromatic heterocycles. The van der Waals surface area contributed by atoms with Gasteiger partial charge in [-0.05, 0) is 53.7 Å². The highest BCUT2D eigenvalue weighted by Crippen LogP contribution is 2.30. The van der Waals surface area contributed by atoms with E-state index in [0.29, 0.717) is 6.04 Å². The summed E-state index contributed by atoms with van der Waals surface area (Å²) in [6, 6.07) is 3.65. The van der Waals surface area contributed by atoms with Gasteiger partial charge in [-0.25, -0.2) is 4.98 Å². The molecule has 92 valence electrons. The van der Waals surface area contributed by atoms with Crippen LogP contribution in [0.1, 0.15) is 24.8 Å². The number of nitrogens with one attached hydrogen (secondary N) is 1. The van der Waals surface area contributed by atoms with E-state index < -0.39 is 0 Å². The third-order valence-electron chi connectivity index (χ3n) is 3.67. The number of hydrogen-bond donors (Lipinski definition) is 1. The number of aromatic nitrogens is 1. The van der Waals surface area contributed by atoms with E-state index in [1.165, 1.54) is 37.9 Å². The Labute approximate surface area is 111 Å². The van der Waals surface area contributed by atoms with E-state index in [0.717, 1.165) is 16.3 Å². The van der Waals surface area contributed by atoms with Crippen LogP contribution in [0, 0.1) is 6.92 Å². The normalized spacial score (nSPS) is 25.2. The van der Waals surface area contributed by atoms with Crippen LogP contribution in [0.4, 0.5) is 5.69 Å². The van der Waals surface area contributed by atoms with E-state index in [-0.39, 0.29) is 0 Å². The minimum atomic E-state index is 0.595. The van der Waals surface area contributed by atoms with Gasteiger partial charge in [-0.3, -0.25) is 4.90 Å². The van der Waals surface area contributed by atoms with Gasteiger partial charge in [0, 0.05) is 25.2 Å². The molecule has 2 fully saturated rings. The number of halogens is 1. The van der Waals surface area contributed by atoms with Crippen molar-refractivity contribution in [2.75, 3.05) is 18.4 Å². The molecule has 3 rings (SSSR count). The zero-order chi connectivity index (χ0) is 11.8. The molecule has 0 amide bonds. The highest BCUT2D eigenvalue weighted by molar-refractivity contribution is 9.10. The molecule has 17 heavy (non-hydrogen) atoms. The quantitative estimate of drug-likeness (QED) is 0.869. The lowest BCUT2D eigenvalue weighted by Gasteiger charge is -2.16. The molecule has 2 heterocycles. The molecule has 4 heteroatoms. The van der Waals surface area contributed by atoms with Gasteiger partial charge in [0.1, 0.15) is 4.60 Å². The Balaban J connectivity index is 1.61. The van der Waals surface area contributed by atoms with Gasteiger partial charge in [0.15, 0.2) is 0 Å². The molecule has 1 saturated heterocycles. The summed E-state index contributed by atoms with van der Waals surface area (Å²) in [6.07, 6.45) is 5.99. The van der Waals surface area contributed by atoms with Crippen molar-refractivity contribution < 1.29 is 0 Å². The lowest BCUT2D eigenvalue weighted by molar-refractivity contribution is 0.326. The lowest BCUT2D eigenvalue weighted by atomic mass is 10.2. The first kappa shape index (κ1) is 11.5. The number of hydrogen-bond acceptors (Lipinski definition) is 3. The van der Waals surface area contributed by atoms with Gasteiger partial charge in [-0.2, -0.15) is 0 Å². The fourth-order valence-electron chi connectivity index (χ4n) is 2.55. The Morgan fingerprint density at radius 1 is 1.41 bits per heavy atom. The van der Waals surface area contributed by atoms with E-state index >= 15 is 0 Å². The van der Waals surface area contributed by atoms with Gasteiger partial charge >= 0.3 is 0 Å². The van der Waals surface area contributed by atoms with Crippen molar-refractivity contribution in [2.24, 2.45) is 0 Å². The van der Waals surface area contributed by atoms with E-state index in [9.17, 15) is 0 Å². The fourth-order valence-corrected chi connectivity index (χ4v) is 2.77. The highest BCUT2D eigenvalue weighted by Gasteiger charge is 2.34. The van der Waals surface area contributed by atoms with Crippen LogP contribution in [0.25, 0.3) is 0 Å². The molecule has 1 aromatic rings. The molecule has 1 aliphatic carbocycles. The molecule has 0 spiro atoms. The monoisotopic (exact) mass is 295 g/mol. The molecule has 1 N–H and O–H groups in total. The molecule has 1 aliphatic heterocycles. The second-order valence-electron chi connectivity index (χ2n) is 5.19. The molecular weight excluding hydrogens is 278 g/mol. The van der Waals surface area contributed by atoms with E-state index in [4.69, 9.17) is 0 Å². The summed E-state index contributed by atoms with van der Waals surface area (Å²) in [5.41, 5.74) is 2.33. The maximum atomic E-state index is 4.33. The van der Waals surface area contributed by atoms with Crippen molar-refractivity contribution >= 4 is 21.6 Å². The average Bonchev–Trinajstić information content (AvgIpc) is 3.06. The van der Waals surface area contributed by atoms with Crippen molar-refractivity contribution in [1.29, 1.82) is 0 Å². The molecule has 0 aromatic carbocycles. The highest BCUT2D eigenvalue weighted by atomic mass is 79.9. The van der Waals surface area contributed by atoms with Crippen LogP contribution in [0.15, 0.2) is 16.9 Å². The summed E-state index contributed by atoms with van der Waals surface area (Å²) in [4.78, 5) is 6.95. The van der Waals surface area contributed by atoms with Crippen LogP contribution in [-0.2, 0) is 0 Å². The predicted molar refractivity (Wildman–Crippen MR) is 73.3 cm³/mol. The number of likely N-dealkylation sites (tertiary alicyclic amines) is 1. The Kier molecular flexibility index (Phi) is 3.09. The first-order valence-corrected chi connectivity index (χ1v) is 7.14. The minimum Gasteiger partial charge on any atom is -0.380 e. The minimum absolute atomic E-state index is 0.595. The van der Waals surface area contributed by atoms with Crippen LogP contribution < -0.4 is 5.32 Å². The van der Waals surface area contributed by atoms with E-state index in [1.54, 1.807) is 0 Å². The molecule has 0 radical (unpaired) electrons. The summed E-state index contributed by atoms with van der Waals surface area (Å²) < 4.78 is 0.939. The standard InChI is InChI=1S/C13H18BrN3/c1-9-6-11(7-15-13(9)14)16-10-4-5-17(8-10)12-2-3-12/h6-7,10,12,16H,2-5,8H2,1H3. The molecule has 2 aliphatic rings. The summed E-state index contributed by atoms with van der Waals surface area (Å²) in [7, 11) is 0. The smallest absolute Gasteiger partial charge is 0.109 e. The molecule has 3 nitrogen and oxygen atoms in total. The third kappa shape index (κ3) is 2.63. The number of pyridine rings is 1. The molecular formula is C13H18BrN3. The van der Waals surface area contributed by atoms with Crippen molar-refractivity contribution in [3.63, 3.8) is 0 Å². The van der Waals surface area contributed by atoms with Crippen LogP contribution >= 0.6 is 15.9 Å². The van der Waals surface area contributed by atoms with Crippen LogP contribution in [-0.4, -0.2) is 35.1 Å². The summed E-state index contributed by atoms with van der Waals surface area (Å²) >= 11 is 3.43. The van der Waals surface area contributed by atoms with Crippen LogP contribution in [0.5, 0.6) is 0 Å². The van der Waals surface area contributed by atoms with Gasteiger partial charge in [-0.1, -0.05) is 0 Å². The summed E-state index contributed by atoms with van der Waals surface area (Å²) in [5.74, 6) is 0. The van der Waals surface area contributed by atoms with Crippen molar-refractivity contribution in [2.45, 2.75) is 38.3 Å². The lowest BCUT2D eigenvalue weighted by Crippen LogP contribution is -2.27. The maximum Gasteiger partial charge on any atom is 0.109 e. The summed E-state index contributed by atoms with van der Waals surface area (Å²) in [6.45, 7) is 4.53. The molecule has 0 bridgehead atoms.